The Kier molecular flexibility index (Phi) is 5.87. The van der Waals surface area contributed by atoms with E-state index in [0.29, 0.717) is 17.9 Å². The molecule has 0 aromatic heterocycles. The van der Waals surface area contributed by atoms with Gasteiger partial charge in [-0.25, -0.2) is 8.42 Å². The Bertz CT molecular complexity index is 847. The van der Waals surface area contributed by atoms with Gasteiger partial charge in [-0.3, -0.25) is 4.79 Å². The molecule has 0 aliphatic rings. The van der Waals surface area contributed by atoms with E-state index in [1.54, 1.807) is 30.3 Å². The summed E-state index contributed by atoms with van der Waals surface area (Å²) >= 11 is 0. The molecule has 0 atom stereocenters. The number of sulfone groups is 1. The number of hydrogen-bond donors (Lipinski definition) is 1. The highest BCUT2D eigenvalue weighted by molar-refractivity contribution is 7.91. The first-order valence-corrected chi connectivity index (χ1v) is 8.66. The van der Waals surface area contributed by atoms with Gasteiger partial charge in [0.1, 0.15) is 12.4 Å². The standard InChI is InChI=1S/C17H15F2NO4S/c1-2-11-24-14-7-3-12(4-8-14)16(21)20-13-5-9-15(10-6-13)25(22,23)17(18)19/h2-10,17H,1,11H2,(H,20,21). The molecule has 0 saturated carbocycles. The normalized spacial score (nSPS) is 11.2. The molecule has 0 spiro atoms. The second kappa shape index (κ2) is 7.89. The van der Waals surface area contributed by atoms with Crippen molar-refractivity contribution in [2.45, 2.75) is 10.7 Å². The Hall–Kier alpha value is -2.74. The molecule has 2 aromatic carbocycles. The minimum absolute atomic E-state index is 0.283. The number of nitrogens with one attached hydrogen (secondary N) is 1. The van der Waals surface area contributed by atoms with Gasteiger partial charge in [0.05, 0.1) is 4.90 Å². The van der Waals surface area contributed by atoms with Gasteiger partial charge in [-0.05, 0) is 48.5 Å². The summed E-state index contributed by atoms with van der Waals surface area (Å²) in [5.41, 5.74) is 0.639. The van der Waals surface area contributed by atoms with Gasteiger partial charge in [-0.15, -0.1) is 0 Å². The van der Waals surface area contributed by atoms with Gasteiger partial charge in [0.25, 0.3) is 5.91 Å². The number of halogens is 2. The molecule has 5 nitrogen and oxygen atoms in total. The fourth-order valence-electron chi connectivity index (χ4n) is 1.89. The molecule has 0 radical (unpaired) electrons. The number of benzene rings is 2. The number of alkyl halides is 2. The molecule has 0 saturated heterocycles. The molecule has 0 heterocycles. The molecule has 0 fully saturated rings. The average Bonchev–Trinajstić information content (AvgIpc) is 2.60. The maximum atomic E-state index is 12.5. The van der Waals surface area contributed by atoms with Crippen LogP contribution in [0.5, 0.6) is 5.75 Å². The third-order valence-electron chi connectivity index (χ3n) is 3.16. The van der Waals surface area contributed by atoms with Crippen LogP contribution in [0.1, 0.15) is 10.4 Å². The van der Waals surface area contributed by atoms with Crippen LogP contribution in [0.15, 0.2) is 66.1 Å². The lowest BCUT2D eigenvalue weighted by atomic mass is 10.2. The second-order valence-corrected chi connectivity index (χ2v) is 6.83. The van der Waals surface area contributed by atoms with E-state index in [0.717, 1.165) is 12.1 Å². The predicted octanol–water partition coefficient (Wildman–Crippen LogP) is 3.50. The minimum atomic E-state index is -4.65. The molecule has 8 heteroatoms. The van der Waals surface area contributed by atoms with Gasteiger partial charge in [-0.1, -0.05) is 12.7 Å². The maximum Gasteiger partial charge on any atom is 0.341 e. The van der Waals surface area contributed by atoms with Crippen molar-refractivity contribution < 1.29 is 26.7 Å². The summed E-state index contributed by atoms with van der Waals surface area (Å²) in [6.45, 7) is 3.88. The van der Waals surface area contributed by atoms with Crippen molar-refractivity contribution in [3.05, 3.63) is 66.7 Å². The summed E-state index contributed by atoms with van der Waals surface area (Å²) in [5.74, 6) is -3.34. The van der Waals surface area contributed by atoms with Crippen LogP contribution in [-0.2, 0) is 9.84 Å². The van der Waals surface area contributed by atoms with Gasteiger partial charge in [0, 0.05) is 11.3 Å². The maximum absolute atomic E-state index is 12.5. The lowest BCUT2D eigenvalue weighted by Gasteiger charge is -2.08. The van der Waals surface area contributed by atoms with E-state index in [9.17, 15) is 22.0 Å². The Morgan fingerprint density at radius 1 is 1.12 bits per heavy atom. The Morgan fingerprint density at radius 3 is 2.24 bits per heavy atom. The quantitative estimate of drug-likeness (QED) is 0.760. The summed E-state index contributed by atoms with van der Waals surface area (Å²) in [6.07, 6.45) is 1.60. The second-order valence-electron chi connectivity index (χ2n) is 4.91. The smallest absolute Gasteiger partial charge is 0.341 e. The Morgan fingerprint density at radius 2 is 1.72 bits per heavy atom. The first-order chi connectivity index (χ1) is 11.8. The van der Waals surface area contributed by atoms with E-state index in [1.165, 1.54) is 12.1 Å². The first-order valence-electron chi connectivity index (χ1n) is 7.12. The van der Waals surface area contributed by atoms with Crippen molar-refractivity contribution in [1.82, 2.24) is 0 Å². The van der Waals surface area contributed by atoms with Crippen LogP contribution in [0.2, 0.25) is 0 Å². The number of hydrogen-bond acceptors (Lipinski definition) is 4. The van der Waals surface area contributed by atoms with Crippen LogP contribution >= 0.6 is 0 Å². The number of rotatable bonds is 7. The van der Waals surface area contributed by atoms with Crippen molar-refractivity contribution >= 4 is 21.4 Å². The molecule has 25 heavy (non-hydrogen) atoms. The largest absolute Gasteiger partial charge is 0.490 e. The van der Waals surface area contributed by atoms with Gasteiger partial charge in [-0.2, -0.15) is 8.78 Å². The summed E-state index contributed by atoms with van der Waals surface area (Å²) < 4.78 is 52.9. The van der Waals surface area contributed by atoms with E-state index < -0.39 is 26.4 Å². The molecule has 132 valence electrons. The van der Waals surface area contributed by atoms with Crippen LogP contribution in [0.3, 0.4) is 0 Å². The van der Waals surface area contributed by atoms with Crippen LogP contribution in [0.4, 0.5) is 14.5 Å². The summed E-state index contributed by atoms with van der Waals surface area (Å²) in [5, 5.41) is 2.55. The van der Waals surface area contributed by atoms with Crippen LogP contribution < -0.4 is 10.1 Å². The van der Waals surface area contributed by atoms with Crippen molar-refractivity contribution in [1.29, 1.82) is 0 Å². The minimum Gasteiger partial charge on any atom is -0.490 e. The van der Waals surface area contributed by atoms with Crippen molar-refractivity contribution in [2.75, 3.05) is 11.9 Å². The highest BCUT2D eigenvalue weighted by atomic mass is 32.2. The molecule has 0 aliphatic carbocycles. The molecule has 1 amide bonds. The lowest BCUT2D eigenvalue weighted by Crippen LogP contribution is -2.13. The summed E-state index contributed by atoms with van der Waals surface area (Å²) in [4.78, 5) is 11.6. The van der Waals surface area contributed by atoms with E-state index in [-0.39, 0.29) is 5.69 Å². The number of ether oxygens (including phenoxy) is 1. The zero-order valence-corrected chi connectivity index (χ0v) is 13.8. The zero-order valence-electron chi connectivity index (χ0n) is 13.0. The van der Waals surface area contributed by atoms with Crippen LogP contribution in [0.25, 0.3) is 0 Å². The molecule has 2 rings (SSSR count). The zero-order chi connectivity index (χ0) is 18.4. The highest BCUT2D eigenvalue weighted by Gasteiger charge is 2.26. The molecule has 0 unspecified atom stereocenters. The van der Waals surface area contributed by atoms with Crippen molar-refractivity contribution in [2.24, 2.45) is 0 Å². The highest BCUT2D eigenvalue weighted by Crippen LogP contribution is 2.21. The van der Waals surface area contributed by atoms with Gasteiger partial charge < -0.3 is 10.1 Å². The van der Waals surface area contributed by atoms with Crippen molar-refractivity contribution in [3.8, 4) is 5.75 Å². The van der Waals surface area contributed by atoms with E-state index in [2.05, 4.69) is 11.9 Å². The topological polar surface area (TPSA) is 72.5 Å². The fraction of sp³-hybridized carbons (Fsp3) is 0.118. The van der Waals surface area contributed by atoms with E-state index in [4.69, 9.17) is 4.74 Å². The average molecular weight is 367 g/mol. The van der Waals surface area contributed by atoms with Gasteiger partial charge >= 0.3 is 5.76 Å². The third kappa shape index (κ3) is 4.63. The molecular weight excluding hydrogens is 352 g/mol. The van der Waals surface area contributed by atoms with Gasteiger partial charge in [0.2, 0.25) is 9.84 Å². The number of amides is 1. The number of carbonyl (C=O) groups excluding carboxylic acids is 1. The summed E-state index contributed by atoms with van der Waals surface area (Å²) in [6, 6.07) is 10.9. The van der Waals surface area contributed by atoms with Crippen LogP contribution in [0, 0.1) is 0 Å². The SMILES string of the molecule is C=CCOc1ccc(C(=O)Nc2ccc(S(=O)(=O)C(F)F)cc2)cc1. The predicted molar refractivity (Wildman–Crippen MR) is 89.7 cm³/mol. The van der Waals surface area contributed by atoms with Crippen LogP contribution in [-0.4, -0.2) is 26.7 Å². The van der Waals surface area contributed by atoms with E-state index in [1.807, 2.05) is 0 Å². The number of carbonyl (C=O) groups is 1. The Labute approximate surface area is 143 Å². The molecule has 0 bridgehead atoms. The lowest BCUT2D eigenvalue weighted by molar-refractivity contribution is 0.102. The van der Waals surface area contributed by atoms with Crippen molar-refractivity contribution in [3.63, 3.8) is 0 Å². The molecular formula is C17H15F2NO4S. The molecule has 2 aromatic rings. The fourth-order valence-corrected chi connectivity index (χ4v) is 2.61. The molecule has 0 aliphatic heterocycles. The molecule has 1 N–H and O–H groups in total. The number of anilines is 1. The Balaban J connectivity index is 2.06. The third-order valence-corrected chi connectivity index (χ3v) is 4.56. The first kappa shape index (κ1) is 18.6. The van der Waals surface area contributed by atoms with Gasteiger partial charge in [0.15, 0.2) is 0 Å². The summed E-state index contributed by atoms with van der Waals surface area (Å²) in [7, 11) is -4.65. The van der Waals surface area contributed by atoms with E-state index >= 15 is 0 Å². The monoisotopic (exact) mass is 367 g/mol.